The van der Waals surface area contributed by atoms with Crippen molar-refractivity contribution in [2.75, 3.05) is 13.2 Å². The minimum Gasteiger partial charge on any atom is -0.462 e. The number of carbonyl (C=O) groups excluding carboxylic acids is 3. The summed E-state index contributed by atoms with van der Waals surface area (Å²) in [6, 6.07) is 0. The highest BCUT2D eigenvalue weighted by molar-refractivity contribution is 5.71. The molecule has 0 rings (SSSR count). The summed E-state index contributed by atoms with van der Waals surface area (Å²) >= 11 is 0. The molecule has 458 valence electrons. The third-order valence-corrected chi connectivity index (χ3v) is 14.5. The van der Waals surface area contributed by atoms with Crippen LogP contribution in [0, 0.1) is 0 Å². The molecule has 0 bridgehead atoms. The lowest BCUT2D eigenvalue weighted by Crippen LogP contribution is -2.30. The summed E-state index contributed by atoms with van der Waals surface area (Å²) in [6.45, 7) is 6.45. The average Bonchev–Trinajstić information content (AvgIpc) is 3.46. The molecule has 0 aliphatic rings. The Morgan fingerprint density at radius 3 is 0.850 bits per heavy atom. The summed E-state index contributed by atoms with van der Waals surface area (Å²) in [7, 11) is 0. The molecule has 0 aromatic heterocycles. The fourth-order valence-corrected chi connectivity index (χ4v) is 9.44. The van der Waals surface area contributed by atoms with Crippen LogP contribution in [0.15, 0.2) is 109 Å². The Labute approximate surface area is 495 Å². The summed E-state index contributed by atoms with van der Waals surface area (Å²) < 4.78 is 16.8. The summed E-state index contributed by atoms with van der Waals surface area (Å²) in [5.74, 6) is -0.996. The molecule has 1 atom stereocenters. The van der Waals surface area contributed by atoms with Crippen LogP contribution in [0.5, 0.6) is 0 Å². The van der Waals surface area contributed by atoms with E-state index in [-0.39, 0.29) is 31.6 Å². The molecule has 0 aliphatic heterocycles. The fourth-order valence-electron chi connectivity index (χ4n) is 9.44. The van der Waals surface area contributed by atoms with Crippen molar-refractivity contribution in [3.8, 4) is 0 Å². The van der Waals surface area contributed by atoms with E-state index in [4.69, 9.17) is 14.2 Å². The van der Waals surface area contributed by atoms with Crippen molar-refractivity contribution in [1.29, 1.82) is 0 Å². The van der Waals surface area contributed by atoms with Gasteiger partial charge in [-0.05, 0) is 116 Å². The predicted octanol–water partition coefficient (Wildman–Crippen LogP) is 23.4. The van der Waals surface area contributed by atoms with Crippen molar-refractivity contribution in [2.45, 2.75) is 329 Å². The highest BCUT2D eigenvalue weighted by Gasteiger charge is 2.19. The maximum absolute atomic E-state index is 12.9. The number of hydrogen-bond acceptors (Lipinski definition) is 6. The molecule has 0 aromatic rings. The molecule has 0 radical (unpaired) electrons. The predicted molar refractivity (Wildman–Crippen MR) is 348 cm³/mol. The second-order valence-corrected chi connectivity index (χ2v) is 22.3. The number of unbranched alkanes of at least 4 members (excludes halogenated alkanes) is 32. The van der Waals surface area contributed by atoms with Crippen molar-refractivity contribution in [1.82, 2.24) is 0 Å². The third kappa shape index (κ3) is 64.9. The van der Waals surface area contributed by atoms with Gasteiger partial charge in [-0.2, -0.15) is 0 Å². The van der Waals surface area contributed by atoms with Gasteiger partial charge < -0.3 is 14.2 Å². The average molecular weight is 1110 g/mol. The van der Waals surface area contributed by atoms with E-state index in [2.05, 4.69) is 124 Å². The van der Waals surface area contributed by atoms with Crippen LogP contribution in [0.2, 0.25) is 0 Å². The maximum Gasteiger partial charge on any atom is 0.306 e. The molecule has 0 saturated carbocycles. The van der Waals surface area contributed by atoms with Crippen molar-refractivity contribution < 1.29 is 28.6 Å². The summed E-state index contributed by atoms with van der Waals surface area (Å²) in [4.78, 5) is 38.3. The van der Waals surface area contributed by atoms with Crippen LogP contribution in [-0.2, 0) is 28.6 Å². The van der Waals surface area contributed by atoms with E-state index < -0.39 is 12.1 Å². The van der Waals surface area contributed by atoms with E-state index >= 15 is 0 Å². The van der Waals surface area contributed by atoms with E-state index in [9.17, 15) is 14.4 Å². The highest BCUT2D eigenvalue weighted by Crippen LogP contribution is 2.17. The van der Waals surface area contributed by atoms with Gasteiger partial charge in [-0.15, -0.1) is 0 Å². The summed E-state index contributed by atoms with van der Waals surface area (Å²) in [6.07, 6.45) is 92.8. The number of hydrogen-bond donors (Lipinski definition) is 0. The second kappa shape index (κ2) is 67.6. The summed E-state index contributed by atoms with van der Waals surface area (Å²) in [5, 5.41) is 0. The molecule has 6 heteroatoms. The second-order valence-electron chi connectivity index (χ2n) is 22.3. The number of rotatable bonds is 61. The van der Waals surface area contributed by atoms with Crippen LogP contribution in [0.1, 0.15) is 323 Å². The first-order valence-electron chi connectivity index (χ1n) is 33.9. The van der Waals surface area contributed by atoms with Crippen LogP contribution in [0.25, 0.3) is 0 Å². The zero-order valence-electron chi connectivity index (χ0n) is 52.6. The first-order chi connectivity index (χ1) is 39.5. The van der Waals surface area contributed by atoms with Crippen LogP contribution >= 0.6 is 0 Å². The van der Waals surface area contributed by atoms with Crippen molar-refractivity contribution in [3.05, 3.63) is 109 Å². The van der Waals surface area contributed by atoms with E-state index in [1.54, 1.807) is 0 Å². The lowest BCUT2D eigenvalue weighted by Gasteiger charge is -2.18. The monoisotopic (exact) mass is 1110 g/mol. The molecular formula is C74H126O6. The maximum atomic E-state index is 12.9. The van der Waals surface area contributed by atoms with Gasteiger partial charge in [0.15, 0.2) is 6.10 Å². The number of esters is 3. The molecule has 80 heavy (non-hydrogen) atoms. The molecule has 0 spiro atoms. The topological polar surface area (TPSA) is 78.9 Å². The third-order valence-electron chi connectivity index (χ3n) is 14.5. The van der Waals surface area contributed by atoms with E-state index in [0.717, 1.165) is 96.3 Å². The van der Waals surface area contributed by atoms with E-state index in [1.165, 1.54) is 180 Å². The van der Waals surface area contributed by atoms with E-state index in [0.29, 0.717) is 19.3 Å². The smallest absolute Gasteiger partial charge is 0.306 e. The Morgan fingerprint density at radius 1 is 0.263 bits per heavy atom. The lowest BCUT2D eigenvalue weighted by atomic mass is 10.0. The quantitative estimate of drug-likeness (QED) is 0.0261. The van der Waals surface area contributed by atoms with Gasteiger partial charge in [0.2, 0.25) is 0 Å². The Bertz CT molecular complexity index is 1610. The first kappa shape index (κ1) is 76.1. The van der Waals surface area contributed by atoms with Crippen molar-refractivity contribution >= 4 is 17.9 Å². The van der Waals surface area contributed by atoms with Crippen LogP contribution in [0.4, 0.5) is 0 Å². The van der Waals surface area contributed by atoms with Gasteiger partial charge in [-0.25, -0.2) is 0 Å². The molecule has 0 N–H and O–H groups in total. The number of ether oxygens (including phenoxy) is 3. The normalized spacial score (nSPS) is 12.8. The highest BCUT2D eigenvalue weighted by atomic mass is 16.6. The Balaban J connectivity index is 4.26. The summed E-state index contributed by atoms with van der Waals surface area (Å²) in [5.41, 5.74) is 0. The molecule has 6 nitrogen and oxygen atoms in total. The Morgan fingerprint density at radius 2 is 0.512 bits per heavy atom. The molecule has 0 aliphatic carbocycles. The zero-order chi connectivity index (χ0) is 57.8. The van der Waals surface area contributed by atoms with Gasteiger partial charge in [-0.3, -0.25) is 14.4 Å². The van der Waals surface area contributed by atoms with Gasteiger partial charge in [0.05, 0.1) is 0 Å². The zero-order valence-corrected chi connectivity index (χ0v) is 52.6. The van der Waals surface area contributed by atoms with Gasteiger partial charge >= 0.3 is 17.9 Å². The number of allylic oxidation sites excluding steroid dienone is 18. The van der Waals surface area contributed by atoms with E-state index in [1.807, 2.05) is 6.08 Å². The minimum atomic E-state index is -0.823. The lowest BCUT2D eigenvalue weighted by molar-refractivity contribution is -0.166. The van der Waals surface area contributed by atoms with Gasteiger partial charge in [0.25, 0.3) is 0 Å². The molecular weight excluding hydrogens is 985 g/mol. The fraction of sp³-hybridized carbons (Fsp3) is 0.716. The Kier molecular flexibility index (Phi) is 64.3. The van der Waals surface area contributed by atoms with Crippen molar-refractivity contribution in [3.63, 3.8) is 0 Å². The molecule has 0 aromatic carbocycles. The standard InChI is InChI=1S/C74H126O6/c1-4-7-10-13-16-19-22-25-27-29-31-32-33-34-35-36-37-38-39-40-41-42-44-45-47-49-52-55-58-61-64-67-73(76)79-70-71(69-78-72(75)66-63-60-57-54-51-24-21-18-15-12-9-6-3)80-74(77)68-65-62-59-56-53-50-48-46-43-30-28-26-23-20-17-14-11-8-5-2/h8,11,17-18,20-22,25-26,28-29,31,43,46,50,53,59,62,71H,4-7,9-10,12-16,19,23-24,27,30,32-42,44-45,47-49,51-52,54-58,60-61,63-70H2,1-3H3/b11-8-,20-17-,21-18-,25-22-,28-26-,31-29-,46-43-,53-50-,62-59-. The van der Waals surface area contributed by atoms with Crippen LogP contribution < -0.4 is 0 Å². The van der Waals surface area contributed by atoms with Gasteiger partial charge in [0.1, 0.15) is 13.2 Å². The Hall–Kier alpha value is -3.93. The van der Waals surface area contributed by atoms with Crippen LogP contribution in [0.3, 0.4) is 0 Å². The van der Waals surface area contributed by atoms with Crippen molar-refractivity contribution in [2.24, 2.45) is 0 Å². The number of carbonyl (C=O) groups is 3. The molecule has 0 heterocycles. The SMILES string of the molecule is CC/C=C\C/C=C\C/C=C\C/C=C\C/C=C\C/C=C\CCC(=O)OC(COC(=O)CCCCCCC/C=C\CCCCC)COC(=O)CCCCCCCCCCCCCCCCCCCCC/C=C\C/C=C\CCCCCCC. The van der Waals surface area contributed by atoms with Crippen LogP contribution in [-0.4, -0.2) is 37.2 Å². The van der Waals surface area contributed by atoms with Gasteiger partial charge in [-0.1, -0.05) is 297 Å². The molecule has 0 saturated heterocycles. The largest absolute Gasteiger partial charge is 0.462 e. The molecule has 0 fully saturated rings. The first-order valence-corrected chi connectivity index (χ1v) is 33.9. The molecule has 0 amide bonds. The molecule has 1 unspecified atom stereocenters. The van der Waals surface area contributed by atoms with Gasteiger partial charge in [0, 0.05) is 19.3 Å². The minimum absolute atomic E-state index is 0.109.